The molecule has 0 unspecified atom stereocenters. The van der Waals surface area contributed by atoms with E-state index in [1.807, 2.05) is 36.4 Å². The molecule has 0 bridgehead atoms. The first kappa shape index (κ1) is 22.9. The predicted octanol–water partition coefficient (Wildman–Crippen LogP) is 1.01. The zero-order chi connectivity index (χ0) is 22.3. The number of carboxylic acids is 1. The number of carboxylic acid groups (broad SMARTS) is 1. The number of hydrogen-bond donors (Lipinski definition) is 3. The number of carbonyl (C=O) groups excluding carboxylic acids is 3. The fourth-order valence-electron chi connectivity index (χ4n) is 2.87. The minimum Gasteiger partial charge on any atom is -0.483 e. The molecule has 156 valence electrons. The number of rotatable bonds is 10. The summed E-state index contributed by atoms with van der Waals surface area (Å²) in [6.45, 7) is 3.08. The van der Waals surface area contributed by atoms with Crippen LogP contribution < -0.4 is 15.4 Å². The van der Waals surface area contributed by atoms with Crippen LogP contribution in [0.25, 0.3) is 10.8 Å². The molecule has 2 radical (unpaired) electrons. The van der Waals surface area contributed by atoms with Gasteiger partial charge in [0.15, 0.2) is 14.5 Å². The Morgan fingerprint density at radius 2 is 1.70 bits per heavy atom. The second-order valence-electron chi connectivity index (χ2n) is 7.12. The Bertz CT molecular complexity index is 941. The molecule has 0 aliphatic rings. The summed E-state index contributed by atoms with van der Waals surface area (Å²) in [7, 11) is 5.14. The molecule has 0 fully saturated rings. The van der Waals surface area contributed by atoms with Crippen LogP contribution in [-0.2, 0) is 19.2 Å². The van der Waals surface area contributed by atoms with E-state index in [1.165, 1.54) is 0 Å². The zero-order valence-electron chi connectivity index (χ0n) is 16.8. The van der Waals surface area contributed by atoms with E-state index >= 15 is 0 Å². The highest BCUT2D eigenvalue weighted by atomic mass is 16.5. The third-order valence-electron chi connectivity index (χ3n) is 4.41. The van der Waals surface area contributed by atoms with E-state index in [0.29, 0.717) is 5.75 Å². The molecule has 30 heavy (non-hydrogen) atoms. The van der Waals surface area contributed by atoms with Gasteiger partial charge in [0, 0.05) is 5.39 Å². The minimum atomic E-state index is -1.37. The van der Waals surface area contributed by atoms with Crippen molar-refractivity contribution in [1.82, 2.24) is 10.6 Å². The van der Waals surface area contributed by atoms with E-state index < -0.39 is 42.0 Å². The SMILES string of the molecule is [B]C(=O)[C@H](CC(=O)O)NC(=O)[C@@H](NC(=O)COc1cccc2ccccc12)C(C)C. The maximum absolute atomic E-state index is 12.5. The molecule has 0 aliphatic heterocycles. The van der Waals surface area contributed by atoms with Crippen molar-refractivity contribution in [3.8, 4) is 5.75 Å². The Labute approximate surface area is 175 Å². The van der Waals surface area contributed by atoms with Gasteiger partial charge in [-0.05, 0) is 17.4 Å². The molecule has 8 nitrogen and oxygen atoms in total. The Hall–Kier alpha value is -3.36. The van der Waals surface area contributed by atoms with Crippen LogP contribution in [0, 0.1) is 5.92 Å². The normalized spacial score (nSPS) is 12.8. The average Bonchev–Trinajstić information content (AvgIpc) is 2.69. The van der Waals surface area contributed by atoms with Gasteiger partial charge in [0.1, 0.15) is 11.8 Å². The molecular formula is C21H23BN2O6. The molecule has 0 aromatic heterocycles. The van der Waals surface area contributed by atoms with Crippen molar-refractivity contribution in [2.45, 2.75) is 32.4 Å². The molecular weight excluding hydrogens is 387 g/mol. The monoisotopic (exact) mass is 410 g/mol. The van der Waals surface area contributed by atoms with Gasteiger partial charge >= 0.3 is 5.97 Å². The van der Waals surface area contributed by atoms with Crippen molar-refractivity contribution in [3.63, 3.8) is 0 Å². The highest BCUT2D eigenvalue weighted by Gasteiger charge is 2.28. The second kappa shape index (κ2) is 10.4. The number of amides is 2. The number of aliphatic carboxylic acids is 1. The molecule has 3 N–H and O–H groups in total. The summed E-state index contributed by atoms with van der Waals surface area (Å²) in [4.78, 5) is 47.1. The lowest BCUT2D eigenvalue weighted by Gasteiger charge is -2.24. The third kappa shape index (κ3) is 6.33. The summed E-state index contributed by atoms with van der Waals surface area (Å²) < 4.78 is 5.62. The van der Waals surface area contributed by atoms with Crippen molar-refractivity contribution in [3.05, 3.63) is 42.5 Å². The van der Waals surface area contributed by atoms with E-state index in [2.05, 4.69) is 10.6 Å². The van der Waals surface area contributed by atoms with Crippen molar-refractivity contribution >= 4 is 42.1 Å². The predicted molar refractivity (Wildman–Crippen MR) is 111 cm³/mol. The minimum absolute atomic E-state index is 0.321. The number of hydrogen-bond acceptors (Lipinski definition) is 5. The number of carbonyl (C=O) groups is 4. The van der Waals surface area contributed by atoms with Gasteiger partial charge in [-0.15, -0.1) is 0 Å². The number of ether oxygens (including phenoxy) is 1. The van der Waals surface area contributed by atoms with E-state index in [1.54, 1.807) is 19.9 Å². The van der Waals surface area contributed by atoms with Crippen molar-refractivity contribution in [2.75, 3.05) is 6.61 Å². The van der Waals surface area contributed by atoms with E-state index in [0.717, 1.165) is 10.8 Å². The smallest absolute Gasteiger partial charge is 0.305 e. The van der Waals surface area contributed by atoms with Crippen LogP contribution in [0.5, 0.6) is 5.75 Å². The summed E-state index contributed by atoms with van der Waals surface area (Å²) in [5, 5.41) is 15.5. The first-order valence-corrected chi connectivity index (χ1v) is 9.40. The van der Waals surface area contributed by atoms with Crippen LogP contribution in [0.1, 0.15) is 20.3 Å². The Kier molecular flexibility index (Phi) is 7.97. The van der Waals surface area contributed by atoms with Crippen molar-refractivity contribution in [1.29, 1.82) is 0 Å². The first-order valence-electron chi connectivity index (χ1n) is 9.40. The summed E-state index contributed by atoms with van der Waals surface area (Å²) in [6.07, 6.45) is -0.649. The summed E-state index contributed by atoms with van der Waals surface area (Å²) >= 11 is 0. The maximum Gasteiger partial charge on any atom is 0.305 e. The molecule has 2 rings (SSSR count). The van der Waals surface area contributed by atoms with Gasteiger partial charge in [-0.2, -0.15) is 0 Å². The molecule has 0 heterocycles. The van der Waals surface area contributed by atoms with Crippen LogP contribution in [0.3, 0.4) is 0 Å². The Morgan fingerprint density at radius 1 is 1.03 bits per heavy atom. The van der Waals surface area contributed by atoms with Crippen LogP contribution in [-0.4, -0.2) is 55.1 Å². The summed E-state index contributed by atoms with van der Waals surface area (Å²) in [6, 6.07) is 10.7. The topological polar surface area (TPSA) is 122 Å². The van der Waals surface area contributed by atoms with Crippen LogP contribution in [0.15, 0.2) is 42.5 Å². The molecule has 2 amide bonds. The third-order valence-corrected chi connectivity index (χ3v) is 4.41. The molecule has 0 spiro atoms. The molecule has 0 saturated carbocycles. The zero-order valence-corrected chi connectivity index (χ0v) is 16.8. The van der Waals surface area contributed by atoms with Gasteiger partial charge < -0.3 is 25.3 Å². The van der Waals surface area contributed by atoms with Crippen molar-refractivity contribution < 1.29 is 29.0 Å². The van der Waals surface area contributed by atoms with Gasteiger partial charge in [-0.1, -0.05) is 50.2 Å². The van der Waals surface area contributed by atoms with Crippen LogP contribution in [0.2, 0.25) is 0 Å². The van der Waals surface area contributed by atoms with E-state index in [4.69, 9.17) is 17.7 Å². The number of fused-ring (bicyclic) bond motifs is 1. The fraction of sp³-hybridized carbons (Fsp3) is 0.333. The number of nitrogens with one attached hydrogen (secondary N) is 2. The van der Waals surface area contributed by atoms with Gasteiger partial charge in [0.2, 0.25) is 5.91 Å². The maximum atomic E-state index is 12.5. The molecule has 2 atom stereocenters. The molecule has 2 aromatic rings. The van der Waals surface area contributed by atoms with Crippen molar-refractivity contribution in [2.24, 2.45) is 5.92 Å². The van der Waals surface area contributed by atoms with Gasteiger partial charge in [0.05, 0.1) is 18.1 Å². The highest BCUT2D eigenvalue weighted by Crippen LogP contribution is 2.24. The Balaban J connectivity index is 2.01. The van der Waals surface area contributed by atoms with Crippen LogP contribution in [0.4, 0.5) is 0 Å². The van der Waals surface area contributed by atoms with Gasteiger partial charge in [-0.3, -0.25) is 14.4 Å². The summed E-state index contributed by atoms with van der Waals surface area (Å²) in [5.41, 5.74) is -0.973. The van der Waals surface area contributed by atoms with Gasteiger partial charge in [0.25, 0.3) is 5.91 Å². The van der Waals surface area contributed by atoms with E-state index in [9.17, 15) is 19.2 Å². The fourth-order valence-corrected chi connectivity index (χ4v) is 2.87. The lowest BCUT2D eigenvalue weighted by atomic mass is 9.92. The molecule has 0 aliphatic carbocycles. The largest absolute Gasteiger partial charge is 0.483 e. The quantitative estimate of drug-likeness (QED) is 0.503. The Morgan fingerprint density at radius 3 is 2.33 bits per heavy atom. The van der Waals surface area contributed by atoms with E-state index in [-0.39, 0.29) is 12.5 Å². The highest BCUT2D eigenvalue weighted by molar-refractivity contribution is 6.59. The second-order valence-corrected chi connectivity index (χ2v) is 7.12. The molecule has 9 heteroatoms. The number of benzene rings is 2. The summed E-state index contributed by atoms with van der Waals surface area (Å²) in [5.74, 6) is -2.32. The average molecular weight is 410 g/mol. The lowest BCUT2D eigenvalue weighted by molar-refractivity contribution is -0.139. The molecule has 2 aromatic carbocycles. The van der Waals surface area contributed by atoms with Gasteiger partial charge in [-0.25, -0.2) is 0 Å². The lowest BCUT2D eigenvalue weighted by Crippen LogP contribution is -2.54. The van der Waals surface area contributed by atoms with Crippen LogP contribution >= 0.6 is 0 Å². The first-order chi connectivity index (χ1) is 14.2. The molecule has 0 saturated heterocycles. The standard InChI is InChI=1S/C21H23BN2O6/c1-12(2)19(21(29)23-15(20(22)28)10-18(26)27)24-17(25)11-30-16-9-5-7-13-6-3-4-8-14(13)16/h3-9,12,15,19H,10-11H2,1-2H3,(H,23,29)(H,24,25)(H,26,27)/t15-,19-/m0/s1.